The van der Waals surface area contributed by atoms with E-state index in [4.69, 9.17) is 13.1 Å². The van der Waals surface area contributed by atoms with Crippen molar-refractivity contribution in [2.45, 2.75) is 0 Å². The molecule has 0 aliphatic carbocycles. The van der Waals surface area contributed by atoms with Gasteiger partial charge in [-0.1, -0.05) is 109 Å². The van der Waals surface area contributed by atoms with E-state index in [-0.39, 0.29) is 0 Å². The highest BCUT2D eigenvalue weighted by Gasteiger charge is 2.19. The third-order valence-electron chi connectivity index (χ3n) is 9.35. The molecule has 0 fully saturated rings. The van der Waals surface area contributed by atoms with Crippen molar-refractivity contribution < 1.29 is 0 Å². The second kappa shape index (κ2) is 10.9. The summed E-state index contributed by atoms with van der Waals surface area (Å²) in [4.78, 5) is 7.57. The van der Waals surface area contributed by atoms with Crippen LogP contribution < -0.4 is 0 Å². The largest absolute Gasteiger partial charge is 0.310 e. The van der Waals surface area contributed by atoms with Crippen LogP contribution in [-0.2, 0) is 0 Å². The summed E-state index contributed by atoms with van der Waals surface area (Å²) in [6.07, 6.45) is 0. The SMILES string of the molecule is [C-]#[N+]c1ccc(-c2cccc(-n3c4ccccc4c4ccc([N+]#[C-])cc43)c2)c(-c2ccccc2-n2c3ccccc3c3ccccc32)c1. The Kier molecular flexibility index (Phi) is 6.22. The standard InChI is InChI=1S/C44H26N4/c1-45-30-22-24-33(29-12-11-13-32(26-29)47-40-18-7-3-16-36(40)38-25-23-31(46-2)28-44(38)47)39(27-30)37-17-6-10-21-43(37)48-41-19-8-4-14-34(41)35-15-5-9-20-42(35)48/h3-28H. The van der Waals surface area contributed by atoms with Gasteiger partial charge >= 0.3 is 0 Å². The first-order valence-corrected chi connectivity index (χ1v) is 15.8. The van der Waals surface area contributed by atoms with Crippen molar-refractivity contribution in [1.82, 2.24) is 9.13 Å². The topological polar surface area (TPSA) is 18.6 Å². The van der Waals surface area contributed by atoms with Crippen LogP contribution in [0.2, 0.25) is 0 Å². The van der Waals surface area contributed by atoms with Gasteiger partial charge < -0.3 is 9.13 Å². The van der Waals surface area contributed by atoms with Crippen molar-refractivity contribution in [2.75, 3.05) is 0 Å². The first-order valence-electron chi connectivity index (χ1n) is 15.8. The molecule has 0 radical (unpaired) electrons. The van der Waals surface area contributed by atoms with Crippen molar-refractivity contribution in [3.8, 4) is 33.6 Å². The zero-order valence-corrected chi connectivity index (χ0v) is 25.8. The maximum absolute atomic E-state index is 7.90. The van der Waals surface area contributed by atoms with E-state index in [1.54, 1.807) is 0 Å². The molecule has 0 aliphatic rings. The van der Waals surface area contributed by atoms with E-state index in [2.05, 4.69) is 152 Å². The summed E-state index contributed by atoms with van der Waals surface area (Å²) >= 11 is 0. The fourth-order valence-corrected chi connectivity index (χ4v) is 7.27. The van der Waals surface area contributed by atoms with Crippen LogP contribution in [0.1, 0.15) is 0 Å². The number of hydrogen-bond acceptors (Lipinski definition) is 0. The van der Waals surface area contributed by atoms with E-state index < -0.39 is 0 Å². The van der Waals surface area contributed by atoms with Crippen LogP contribution in [0.15, 0.2) is 158 Å². The summed E-state index contributed by atoms with van der Waals surface area (Å²) in [7, 11) is 0. The molecule has 4 heteroatoms. The van der Waals surface area contributed by atoms with Gasteiger partial charge in [-0.2, -0.15) is 0 Å². The first kappa shape index (κ1) is 27.4. The Hall–Kier alpha value is -6.88. The van der Waals surface area contributed by atoms with E-state index in [1.807, 2.05) is 24.3 Å². The Morgan fingerprint density at radius 2 is 0.938 bits per heavy atom. The Morgan fingerprint density at radius 1 is 0.375 bits per heavy atom. The smallest absolute Gasteiger partial charge is 0.189 e. The van der Waals surface area contributed by atoms with Gasteiger partial charge in [-0.25, -0.2) is 9.69 Å². The van der Waals surface area contributed by atoms with Crippen molar-refractivity contribution in [3.05, 3.63) is 181 Å². The molecule has 0 saturated carbocycles. The Morgan fingerprint density at radius 3 is 1.62 bits per heavy atom. The average Bonchev–Trinajstić information content (AvgIpc) is 3.67. The zero-order valence-electron chi connectivity index (χ0n) is 25.8. The summed E-state index contributed by atoms with van der Waals surface area (Å²) in [6, 6.07) is 54.5. The average molecular weight is 611 g/mol. The fourth-order valence-electron chi connectivity index (χ4n) is 7.27. The molecule has 0 spiro atoms. The van der Waals surface area contributed by atoms with Crippen LogP contribution in [0.5, 0.6) is 0 Å². The number of benzene rings is 7. The molecule has 0 N–H and O–H groups in total. The highest BCUT2D eigenvalue weighted by molar-refractivity contribution is 6.11. The molecule has 4 nitrogen and oxygen atoms in total. The van der Waals surface area contributed by atoms with E-state index in [0.717, 1.165) is 66.5 Å². The molecular formula is C44H26N4. The third-order valence-corrected chi connectivity index (χ3v) is 9.35. The lowest BCUT2D eigenvalue weighted by molar-refractivity contribution is 1.18. The molecule has 0 atom stereocenters. The number of aromatic nitrogens is 2. The van der Waals surface area contributed by atoms with Crippen molar-refractivity contribution in [1.29, 1.82) is 0 Å². The Bertz CT molecular complexity index is 2760. The van der Waals surface area contributed by atoms with Crippen LogP contribution in [0.4, 0.5) is 11.4 Å². The monoisotopic (exact) mass is 610 g/mol. The highest BCUT2D eigenvalue weighted by Crippen LogP contribution is 2.42. The van der Waals surface area contributed by atoms with Gasteiger partial charge in [0, 0.05) is 38.3 Å². The molecule has 2 aromatic heterocycles. The van der Waals surface area contributed by atoms with Gasteiger partial charge in [0.15, 0.2) is 11.4 Å². The molecule has 2 heterocycles. The zero-order chi connectivity index (χ0) is 32.2. The predicted molar refractivity (Wildman–Crippen MR) is 199 cm³/mol. The van der Waals surface area contributed by atoms with Crippen LogP contribution >= 0.6 is 0 Å². The van der Waals surface area contributed by atoms with Gasteiger partial charge in [-0.05, 0) is 65.2 Å². The maximum atomic E-state index is 7.90. The van der Waals surface area contributed by atoms with Crippen LogP contribution in [0, 0.1) is 13.1 Å². The molecule has 7 aromatic carbocycles. The molecule has 0 saturated heterocycles. The number of hydrogen-bond donors (Lipinski definition) is 0. The highest BCUT2D eigenvalue weighted by atomic mass is 15.0. The van der Waals surface area contributed by atoms with Crippen LogP contribution in [-0.4, -0.2) is 9.13 Å². The van der Waals surface area contributed by atoms with Crippen molar-refractivity contribution >= 4 is 55.0 Å². The molecule has 0 amide bonds. The minimum absolute atomic E-state index is 0.594. The van der Waals surface area contributed by atoms with Crippen LogP contribution in [0.25, 0.3) is 86.9 Å². The van der Waals surface area contributed by atoms with Gasteiger partial charge in [-0.15, -0.1) is 0 Å². The Labute approximate surface area is 277 Å². The lowest BCUT2D eigenvalue weighted by atomic mass is 9.92. The number of fused-ring (bicyclic) bond motifs is 6. The van der Waals surface area contributed by atoms with E-state index in [0.29, 0.717) is 11.4 Å². The molecule has 222 valence electrons. The van der Waals surface area contributed by atoms with Crippen molar-refractivity contribution in [3.63, 3.8) is 0 Å². The van der Waals surface area contributed by atoms with Gasteiger partial charge in [0.1, 0.15) is 0 Å². The van der Waals surface area contributed by atoms with E-state index in [9.17, 15) is 0 Å². The first-order chi connectivity index (χ1) is 23.7. The van der Waals surface area contributed by atoms with Gasteiger partial charge in [-0.3, -0.25) is 0 Å². The quantitative estimate of drug-likeness (QED) is 0.177. The molecule has 48 heavy (non-hydrogen) atoms. The fraction of sp³-hybridized carbons (Fsp3) is 0. The second-order valence-corrected chi connectivity index (χ2v) is 11.9. The molecule has 0 aliphatic heterocycles. The lowest BCUT2D eigenvalue weighted by Gasteiger charge is -2.18. The summed E-state index contributed by atoms with van der Waals surface area (Å²) in [5.74, 6) is 0. The number of para-hydroxylation sites is 4. The minimum atomic E-state index is 0.594. The van der Waals surface area contributed by atoms with Gasteiger partial charge in [0.25, 0.3) is 0 Å². The lowest BCUT2D eigenvalue weighted by Crippen LogP contribution is -1.98. The predicted octanol–water partition coefficient (Wildman–Crippen LogP) is 12.3. The molecule has 9 aromatic rings. The summed E-state index contributed by atoms with van der Waals surface area (Å²) in [5.41, 5.74) is 11.8. The van der Waals surface area contributed by atoms with Crippen LogP contribution in [0.3, 0.4) is 0 Å². The molecule has 9 rings (SSSR count). The van der Waals surface area contributed by atoms with Gasteiger partial charge in [0.05, 0.1) is 35.4 Å². The van der Waals surface area contributed by atoms with E-state index >= 15 is 0 Å². The maximum Gasteiger partial charge on any atom is 0.189 e. The summed E-state index contributed by atoms with van der Waals surface area (Å²) in [6.45, 7) is 15.6. The molecule has 0 unspecified atom stereocenters. The van der Waals surface area contributed by atoms with Gasteiger partial charge in [0.2, 0.25) is 0 Å². The third kappa shape index (κ3) is 4.14. The minimum Gasteiger partial charge on any atom is -0.310 e. The molecular weight excluding hydrogens is 585 g/mol. The Balaban J connectivity index is 1.29. The summed E-state index contributed by atoms with van der Waals surface area (Å²) in [5, 5.41) is 4.68. The van der Waals surface area contributed by atoms with Crippen molar-refractivity contribution in [2.24, 2.45) is 0 Å². The normalized spacial score (nSPS) is 11.3. The van der Waals surface area contributed by atoms with E-state index in [1.165, 1.54) is 10.8 Å². The second-order valence-electron chi connectivity index (χ2n) is 11.9. The molecule has 0 bridgehead atoms. The number of rotatable bonds is 4. The number of nitrogens with zero attached hydrogens (tertiary/aromatic N) is 4. The summed E-state index contributed by atoms with van der Waals surface area (Å²) < 4.78 is 4.60.